The molecule has 1 saturated heterocycles. The molecular formula is C10H16O2S2. The number of aliphatic carboxylic acids is 1. The van der Waals surface area contributed by atoms with E-state index in [0.29, 0.717) is 5.92 Å². The van der Waals surface area contributed by atoms with Crippen molar-refractivity contribution in [2.45, 2.75) is 30.8 Å². The van der Waals surface area contributed by atoms with Crippen molar-refractivity contribution in [3.05, 3.63) is 0 Å². The maximum atomic E-state index is 11.2. The molecule has 2 atom stereocenters. The third-order valence-corrected chi connectivity index (χ3v) is 7.29. The van der Waals surface area contributed by atoms with Gasteiger partial charge in [0.1, 0.15) is 0 Å². The Morgan fingerprint density at radius 2 is 2.00 bits per heavy atom. The third-order valence-electron chi connectivity index (χ3n) is 3.44. The van der Waals surface area contributed by atoms with Crippen LogP contribution in [0.5, 0.6) is 0 Å². The minimum absolute atomic E-state index is 0.215. The number of carboxylic acid groups (broad SMARTS) is 1. The minimum Gasteiger partial charge on any atom is -0.481 e. The highest BCUT2D eigenvalue weighted by molar-refractivity contribution is 8.21. The predicted molar refractivity (Wildman–Crippen MR) is 61.8 cm³/mol. The topological polar surface area (TPSA) is 37.3 Å². The van der Waals surface area contributed by atoms with Gasteiger partial charge in [0, 0.05) is 11.5 Å². The molecule has 14 heavy (non-hydrogen) atoms. The van der Waals surface area contributed by atoms with Gasteiger partial charge in [0.2, 0.25) is 0 Å². The normalized spacial score (nSPS) is 40.6. The number of thioether (sulfide) groups is 2. The van der Waals surface area contributed by atoms with Crippen LogP contribution >= 0.6 is 23.5 Å². The van der Waals surface area contributed by atoms with E-state index in [2.05, 4.69) is 6.92 Å². The molecule has 0 aromatic carbocycles. The first-order chi connectivity index (χ1) is 6.49. The second-order valence-corrected chi connectivity index (χ2v) is 7.77. The lowest BCUT2D eigenvalue weighted by Gasteiger charge is -2.27. The highest BCUT2D eigenvalue weighted by atomic mass is 32.2. The fraction of sp³-hybridized carbons (Fsp3) is 0.900. The van der Waals surface area contributed by atoms with Crippen molar-refractivity contribution in [2.75, 3.05) is 11.5 Å². The van der Waals surface area contributed by atoms with Gasteiger partial charge in [-0.15, -0.1) is 23.5 Å². The molecule has 1 aliphatic carbocycles. The molecule has 0 radical (unpaired) electrons. The summed E-state index contributed by atoms with van der Waals surface area (Å²) in [7, 11) is 0. The van der Waals surface area contributed by atoms with Gasteiger partial charge in [0.05, 0.1) is 9.49 Å². The molecule has 2 fully saturated rings. The fourth-order valence-electron chi connectivity index (χ4n) is 2.64. The Bertz CT molecular complexity index is 261. The second kappa shape index (κ2) is 3.34. The van der Waals surface area contributed by atoms with Gasteiger partial charge in [0.15, 0.2) is 0 Å². The summed E-state index contributed by atoms with van der Waals surface area (Å²) in [5.41, 5.74) is -0.482. The van der Waals surface area contributed by atoms with Gasteiger partial charge >= 0.3 is 5.97 Å². The molecule has 0 bridgehead atoms. The molecule has 1 heterocycles. The Hall–Kier alpha value is 0.170. The highest BCUT2D eigenvalue weighted by Gasteiger charge is 2.56. The van der Waals surface area contributed by atoms with Crippen molar-refractivity contribution >= 4 is 29.5 Å². The van der Waals surface area contributed by atoms with Crippen LogP contribution in [-0.2, 0) is 4.79 Å². The Labute approximate surface area is 93.2 Å². The Morgan fingerprint density at radius 1 is 1.43 bits per heavy atom. The number of hydrogen-bond acceptors (Lipinski definition) is 3. The lowest BCUT2D eigenvalue weighted by atomic mass is 9.88. The first kappa shape index (κ1) is 10.7. The zero-order chi connectivity index (χ0) is 10.4. The van der Waals surface area contributed by atoms with Gasteiger partial charge in [-0.2, -0.15) is 0 Å². The van der Waals surface area contributed by atoms with Crippen molar-refractivity contribution < 1.29 is 9.90 Å². The van der Waals surface area contributed by atoms with E-state index < -0.39 is 11.4 Å². The summed E-state index contributed by atoms with van der Waals surface area (Å²) in [6, 6.07) is 0. The van der Waals surface area contributed by atoms with E-state index in [-0.39, 0.29) is 4.08 Å². The zero-order valence-electron chi connectivity index (χ0n) is 8.58. The van der Waals surface area contributed by atoms with E-state index in [1.165, 1.54) is 11.5 Å². The largest absolute Gasteiger partial charge is 0.481 e. The van der Waals surface area contributed by atoms with Crippen molar-refractivity contribution in [2.24, 2.45) is 11.3 Å². The molecule has 0 amide bonds. The van der Waals surface area contributed by atoms with Crippen molar-refractivity contribution in [3.63, 3.8) is 0 Å². The van der Waals surface area contributed by atoms with Gasteiger partial charge in [-0.1, -0.05) is 6.92 Å². The quantitative estimate of drug-likeness (QED) is 0.754. The van der Waals surface area contributed by atoms with E-state index in [4.69, 9.17) is 0 Å². The van der Waals surface area contributed by atoms with Crippen LogP contribution in [-0.4, -0.2) is 26.7 Å². The average molecular weight is 232 g/mol. The molecule has 2 unspecified atom stereocenters. The van der Waals surface area contributed by atoms with Gasteiger partial charge in [-0.3, -0.25) is 4.79 Å². The third kappa shape index (κ3) is 1.47. The molecule has 0 aromatic rings. The van der Waals surface area contributed by atoms with Crippen molar-refractivity contribution in [3.8, 4) is 0 Å². The monoisotopic (exact) mass is 232 g/mol. The Kier molecular flexibility index (Phi) is 2.55. The van der Waals surface area contributed by atoms with E-state index >= 15 is 0 Å². The predicted octanol–water partition coefficient (Wildman–Crippen LogP) is 2.68. The Balaban J connectivity index is 2.21. The van der Waals surface area contributed by atoms with E-state index in [1.807, 2.05) is 30.4 Å². The van der Waals surface area contributed by atoms with Gasteiger partial charge in [-0.25, -0.2) is 0 Å². The molecule has 1 aliphatic heterocycles. The molecular weight excluding hydrogens is 216 g/mol. The van der Waals surface area contributed by atoms with Crippen LogP contribution < -0.4 is 0 Å². The summed E-state index contributed by atoms with van der Waals surface area (Å²) in [6.07, 6.45) is 1.67. The van der Waals surface area contributed by atoms with Gasteiger partial charge in [-0.05, 0) is 25.7 Å². The lowest BCUT2D eigenvalue weighted by Crippen LogP contribution is -2.26. The summed E-state index contributed by atoms with van der Waals surface area (Å²) in [5.74, 6) is 2.28. The van der Waals surface area contributed by atoms with Gasteiger partial charge in [0.25, 0.3) is 0 Å². The molecule has 2 nitrogen and oxygen atoms in total. The van der Waals surface area contributed by atoms with Crippen LogP contribution in [0.3, 0.4) is 0 Å². The van der Waals surface area contributed by atoms with Crippen LogP contribution in [0.4, 0.5) is 0 Å². The average Bonchev–Trinajstić information content (AvgIpc) is 2.61. The van der Waals surface area contributed by atoms with Gasteiger partial charge < -0.3 is 5.11 Å². The molecule has 80 valence electrons. The van der Waals surface area contributed by atoms with E-state index in [9.17, 15) is 9.90 Å². The second-order valence-electron chi connectivity index (χ2n) is 4.66. The maximum absolute atomic E-state index is 11.2. The molecule has 2 rings (SSSR count). The highest BCUT2D eigenvalue weighted by Crippen LogP contribution is 2.62. The summed E-state index contributed by atoms with van der Waals surface area (Å²) in [4.78, 5) is 11.2. The number of hydrogen-bond donors (Lipinski definition) is 1. The maximum Gasteiger partial charge on any atom is 0.309 e. The van der Waals surface area contributed by atoms with Crippen LogP contribution in [0.15, 0.2) is 0 Å². The van der Waals surface area contributed by atoms with Crippen molar-refractivity contribution in [1.82, 2.24) is 0 Å². The standard InChI is InChI=1S/C10H16O2S2/c1-7-5-9(2,8(11)12)6-10(7)13-3-4-14-10/h7H,3-6H2,1-2H3,(H,11,12). The molecule has 4 heteroatoms. The number of carbonyl (C=O) groups is 1. The number of carboxylic acids is 1. The lowest BCUT2D eigenvalue weighted by molar-refractivity contribution is -0.147. The first-order valence-corrected chi connectivity index (χ1v) is 6.97. The van der Waals surface area contributed by atoms with Crippen molar-refractivity contribution in [1.29, 1.82) is 0 Å². The summed E-state index contributed by atoms with van der Waals surface area (Å²) >= 11 is 3.96. The smallest absolute Gasteiger partial charge is 0.309 e. The van der Waals surface area contributed by atoms with Crippen LogP contribution in [0.1, 0.15) is 26.7 Å². The SMILES string of the molecule is CC1CC(C)(C(=O)O)CC12SCCS2. The molecule has 2 aliphatic rings. The molecule has 1 saturated carbocycles. The van der Waals surface area contributed by atoms with Crippen LogP contribution in [0.25, 0.3) is 0 Å². The van der Waals surface area contributed by atoms with E-state index in [0.717, 1.165) is 12.8 Å². The molecule has 1 spiro atoms. The molecule has 1 N–H and O–H groups in total. The first-order valence-electron chi connectivity index (χ1n) is 5.00. The summed E-state index contributed by atoms with van der Waals surface area (Å²) in [6.45, 7) is 4.11. The fourth-order valence-corrected chi connectivity index (χ4v) is 6.41. The summed E-state index contributed by atoms with van der Waals surface area (Å²) < 4.78 is 0.215. The Morgan fingerprint density at radius 3 is 2.43 bits per heavy atom. The molecule has 0 aromatic heterocycles. The van der Waals surface area contributed by atoms with Crippen LogP contribution in [0.2, 0.25) is 0 Å². The summed E-state index contributed by atoms with van der Waals surface area (Å²) in [5, 5.41) is 9.22. The zero-order valence-corrected chi connectivity index (χ0v) is 10.2. The number of rotatable bonds is 1. The van der Waals surface area contributed by atoms with Crippen LogP contribution in [0, 0.1) is 11.3 Å². The van der Waals surface area contributed by atoms with E-state index in [1.54, 1.807) is 0 Å². The minimum atomic E-state index is -0.616.